The van der Waals surface area contributed by atoms with Crippen molar-refractivity contribution in [2.24, 2.45) is 0 Å². The Kier molecular flexibility index (Phi) is 4.97. The lowest BCUT2D eigenvalue weighted by molar-refractivity contribution is -0.127. The summed E-state index contributed by atoms with van der Waals surface area (Å²) in [5.74, 6) is 2.08. The average Bonchev–Trinajstić information content (AvgIpc) is 3.13. The lowest BCUT2D eigenvalue weighted by atomic mass is 10.1. The number of aromatic amines is 1. The number of carbonyl (C=O) groups excluding carboxylic acids is 1. The van der Waals surface area contributed by atoms with Gasteiger partial charge >= 0.3 is 0 Å². The van der Waals surface area contributed by atoms with Crippen molar-refractivity contribution in [1.29, 1.82) is 0 Å². The molecule has 0 saturated carbocycles. The number of ether oxygens (including phenoxy) is 1. The molecule has 2 aromatic heterocycles. The third-order valence-electron chi connectivity index (χ3n) is 4.92. The van der Waals surface area contributed by atoms with Crippen molar-refractivity contribution in [3.05, 3.63) is 54.7 Å². The Hall–Kier alpha value is -3.35. The Labute approximate surface area is 163 Å². The van der Waals surface area contributed by atoms with E-state index in [1.54, 1.807) is 6.20 Å². The number of nitrogens with one attached hydrogen (secondary N) is 2. The smallest absolute Gasteiger partial charge is 0.246 e. The number of aryl methyl sites for hydroxylation is 1. The molecule has 1 fully saturated rings. The van der Waals surface area contributed by atoms with Gasteiger partial charge < -0.3 is 15.0 Å². The Balaban J connectivity index is 1.58. The summed E-state index contributed by atoms with van der Waals surface area (Å²) in [6.45, 7) is 7.00. The Bertz CT molecular complexity index is 996. The second-order valence-electron chi connectivity index (χ2n) is 6.99. The van der Waals surface area contributed by atoms with Crippen molar-refractivity contribution in [2.45, 2.75) is 25.8 Å². The van der Waals surface area contributed by atoms with Crippen LogP contribution in [0, 0.1) is 6.92 Å². The van der Waals surface area contributed by atoms with E-state index in [1.807, 2.05) is 42.2 Å². The molecule has 28 heavy (non-hydrogen) atoms. The van der Waals surface area contributed by atoms with Gasteiger partial charge in [0.1, 0.15) is 16.9 Å². The zero-order valence-corrected chi connectivity index (χ0v) is 15.8. The highest BCUT2D eigenvalue weighted by Crippen LogP contribution is 2.33. The molecule has 3 aromatic rings. The van der Waals surface area contributed by atoms with Gasteiger partial charge in [0.05, 0.1) is 0 Å². The van der Waals surface area contributed by atoms with E-state index in [0.717, 1.165) is 30.5 Å². The van der Waals surface area contributed by atoms with Crippen LogP contribution in [0.5, 0.6) is 11.5 Å². The third-order valence-corrected chi connectivity index (χ3v) is 4.92. The van der Waals surface area contributed by atoms with Crippen LogP contribution in [0.3, 0.4) is 0 Å². The van der Waals surface area contributed by atoms with Crippen LogP contribution in [0.2, 0.25) is 0 Å². The summed E-state index contributed by atoms with van der Waals surface area (Å²) in [5.41, 5.74) is 1.83. The molecule has 1 aromatic carbocycles. The number of nitrogens with zero attached hydrogens (tertiary/aromatic N) is 3. The first kappa shape index (κ1) is 18.0. The van der Waals surface area contributed by atoms with Gasteiger partial charge in [0.15, 0.2) is 11.5 Å². The fourth-order valence-corrected chi connectivity index (χ4v) is 3.46. The van der Waals surface area contributed by atoms with Gasteiger partial charge in [-0.25, -0.2) is 4.98 Å². The van der Waals surface area contributed by atoms with Crippen molar-refractivity contribution in [3.63, 3.8) is 0 Å². The minimum absolute atomic E-state index is 0.0385. The van der Waals surface area contributed by atoms with E-state index in [0.29, 0.717) is 23.8 Å². The van der Waals surface area contributed by atoms with Crippen LogP contribution in [0.1, 0.15) is 18.4 Å². The van der Waals surface area contributed by atoms with Gasteiger partial charge in [-0.15, -0.1) is 0 Å². The van der Waals surface area contributed by atoms with E-state index in [2.05, 4.69) is 27.1 Å². The lowest BCUT2D eigenvalue weighted by Gasteiger charge is -2.32. The molecule has 4 rings (SSSR count). The number of anilines is 1. The molecular weight excluding hydrogens is 354 g/mol. The van der Waals surface area contributed by atoms with Crippen LogP contribution < -0.4 is 10.1 Å². The van der Waals surface area contributed by atoms with E-state index >= 15 is 0 Å². The number of benzene rings is 1. The van der Waals surface area contributed by atoms with Crippen molar-refractivity contribution >= 4 is 22.8 Å². The molecule has 1 saturated heterocycles. The van der Waals surface area contributed by atoms with E-state index in [9.17, 15) is 4.79 Å². The van der Waals surface area contributed by atoms with Gasteiger partial charge in [0.2, 0.25) is 5.91 Å². The fraction of sp³-hybridized carbons (Fsp3) is 0.286. The maximum atomic E-state index is 11.9. The molecular formula is C21H23N5O2. The summed E-state index contributed by atoms with van der Waals surface area (Å²) in [5, 5.41) is 11.6. The molecule has 7 nitrogen and oxygen atoms in total. The van der Waals surface area contributed by atoms with Crippen molar-refractivity contribution in [1.82, 2.24) is 20.1 Å². The molecule has 0 radical (unpaired) electrons. The number of hydrogen-bond donors (Lipinski definition) is 2. The topological polar surface area (TPSA) is 83.1 Å². The van der Waals surface area contributed by atoms with Crippen LogP contribution in [-0.2, 0) is 4.79 Å². The number of piperidine rings is 1. The fourth-order valence-electron chi connectivity index (χ4n) is 3.46. The van der Waals surface area contributed by atoms with Gasteiger partial charge in [-0.05, 0) is 38.0 Å². The maximum Gasteiger partial charge on any atom is 0.246 e. The monoisotopic (exact) mass is 377 g/mol. The molecule has 0 bridgehead atoms. The number of pyridine rings is 1. The summed E-state index contributed by atoms with van der Waals surface area (Å²) in [6, 6.07) is 9.84. The number of H-pyrrole nitrogens is 1. The van der Waals surface area contributed by atoms with E-state index in [4.69, 9.17) is 4.74 Å². The average molecular weight is 377 g/mol. The van der Waals surface area contributed by atoms with Crippen LogP contribution in [-0.4, -0.2) is 45.1 Å². The molecule has 0 aliphatic carbocycles. The Morgan fingerprint density at radius 1 is 1.36 bits per heavy atom. The number of fused-ring (bicyclic) bond motifs is 1. The van der Waals surface area contributed by atoms with Gasteiger partial charge in [0, 0.05) is 31.4 Å². The highest BCUT2D eigenvalue weighted by atomic mass is 16.5. The van der Waals surface area contributed by atoms with Gasteiger partial charge in [-0.1, -0.05) is 24.3 Å². The summed E-state index contributed by atoms with van der Waals surface area (Å²) >= 11 is 0. The quantitative estimate of drug-likeness (QED) is 0.663. The zero-order chi connectivity index (χ0) is 19.5. The highest BCUT2D eigenvalue weighted by Gasteiger charge is 2.24. The minimum Gasteiger partial charge on any atom is -0.456 e. The molecule has 1 aliphatic heterocycles. The van der Waals surface area contributed by atoms with Crippen molar-refractivity contribution in [3.8, 4) is 11.5 Å². The number of rotatable bonds is 5. The zero-order valence-electron chi connectivity index (χ0n) is 15.8. The Morgan fingerprint density at radius 3 is 2.96 bits per heavy atom. The van der Waals surface area contributed by atoms with Crippen molar-refractivity contribution in [2.75, 3.05) is 18.4 Å². The summed E-state index contributed by atoms with van der Waals surface area (Å²) in [4.78, 5) is 18.1. The van der Waals surface area contributed by atoms with Crippen LogP contribution >= 0.6 is 0 Å². The minimum atomic E-state index is -0.0385. The highest BCUT2D eigenvalue weighted by molar-refractivity contribution is 5.93. The normalized spacial score (nSPS) is 16.8. The van der Waals surface area contributed by atoms with Crippen LogP contribution in [0.4, 0.5) is 5.82 Å². The first-order chi connectivity index (χ1) is 13.6. The van der Waals surface area contributed by atoms with Gasteiger partial charge in [-0.3, -0.25) is 9.89 Å². The maximum absolute atomic E-state index is 11.9. The molecule has 0 spiro atoms. The molecule has 1 atom stereocenters. The predicted molar refractivity (Wildman–Crippen MR) is 109 cm³/mol. The largest absolute Gasteiger partial charge is 0.456 e. The first-order valence-electron chi connectivity index (χ1n) is 9.39. The summed E-state index contributed by atoms with van der Waals surface area (Å²) in [7, 11) is 0. The first-order valence-corrected chi connectivity index (χ1v) is 9.39. The van der Waals surface area contributed by atoms with Crippen LogP contribution in [0.15, 0.2) is 49.2 Å². The second kappa shape index (κ2) is 7.72. The molecule has 0 unspecified atom stereocenters. The number of hydrogen-bond acceptors (Lipinski definition) is 5. The van der Waals surface area contributed by atoms with Crippen molar-refractivity contribution < 1.29 is 9.53 Å². The van der Waals surface area contributed by atoms with Gasteiger partial charge in [-0.2, -0.15) is 5.10 Å². The van der Waals surface area contributed by atoms with Gasteiger partial charge in [0.25, 0.3) is 0 Å². The molecule has 7 heteroatoms. The van der Waals surface area contributed by atoms with E-state index < -0.39 is 0 Å². The number of likely N-dealkylation sites (tertiary alicyclic amines) is 1. The SMILES string of the molecule is C=CC(=O)N1CCC[C@@H](Nc2n[nH]c3nccc(Oc4ccc(C)cc4)c23)C1. The number of carbonyl (C=O) groups is 1. The molecule has 2 N–H and O–H groups in total. The predicted octanol–water partition coefficient (Wildman–Crippen LogP) is 3.65. The molecule has 3 heterocycles. The molecule has 144 valence electrons. The summed E-state index contributed by atoms with van der Waals surface area (Å²) in [6.07, 6.45) is 4.96. The van der Waals surface area contributed by atoms with E-state index in [1.165, 1.54) is 11.6 Å². The number of aromatic nitrogens is 3. The standard InChI is InChI=1S/C21H23N5O2/c1-3-18(27)26-12-4-5-15(13-26)23-21-19-17(10-11-22-20(19)24-25-21)28-16-8-6-14(2)7-9-16/h3,6-11,15H,1,4-5,12-13H2,2H3,(H2,22,23,24,25)/t15-/m1/s1. The number of amides is 1. The molecule has 1 amide bonds. The molecule has 1 aliphatic rings. The summed E-state index contributed by atoms with van der Waals surface area (Å²) < 4.78 is 6.09. The lowest BCUT2D eigenvalue weighted by Crippen LogP contribution is -2.44. The van der Waals surface area contributed by atoms with E-state index in [-0.39, 0.29) is 11.9 Å². The third kappa shape index (κ3) is 3.69. The second-order valence-corrected chi connectivity index (χ2v) is 6.99. The van der Waals surface area contributed by atoms with Crippen LogP contribution in [0.25, 0.3) is 11.0 Å². The Morgan fingerprint density at radius 2 is 2.18 bits per heavy atom.